The van der Waals surface area contributed by atoms with Gasteiger partial charge in [-0.3, -0.25) is 9.48 Å². The Hall–Kier alpha value is -1.80. The Morgan fingerprint density at radius 1 is 1.38 bits per heavy atom. The third-order valence-corrected chi connectivity index (χ3v) is 4.91. The van der Waals surface area contributed by atoms with Crippen LogP contribution in [0.15, 0.2) is 18.5 Å². The topological polar surface area (TPSA) is 51.0 Å². The van der Waals surface area contributed by atoms with Gasteiger partial charge in [0.2, 0.25) is 0 Å². The lowest BCUT2D eigenvalue weighted by atomic mass is 10.1. The van der Waals surface area contributed by atoms with Crippen molar-refractivity contribution in [3.05, 3.63) is 45.5 Å². The molecule has 1 fully saturated rings. The average Bonchev–Trinajstić information content (AvgIpc) is 3.29. The number of rotatable bonds is 4. The van der Waals surface area contributed by atoms with E-state index in [4.69, 9.17) is 23.2 Å². The van der Waals surface area contributed by atoms with Gasteiger partial charge in [-0.05, 0) is 31.4 Å². The third kappa shape index (κ3) is 3.66. The van der Waals surface area contributed by atoms with E-state index < -0.39 is 29.4 Å². The van der Waals surface area contributed by atoms with E-state index in [1.54, 1.807) is 13.0 Å². The summed E-state index contributed by atoms with van der Waals surface area (Å²) in [5.74, 6) is -0.716. The van der Waals surface area contributed by atoms with E-state index >= 15 is 0 Å². The van der Waals surface area contributed by atoms with Crippen molar-refractivity contribution in [2.75, 3.05) is 0 Å². The molecule has 1 atom stereocenters. The van der Waals surface area contributed by atoms with Crippen LogP contribution >= 0.6 is 23.2 Å². The monoisotopic (exact) mass is 406 g/mol. The summed E-state index contributed by atoms with van der Waals surface area (Å²) in [7, 11) is 1.35. The second-order valence-electron chi connectivity index (χ2n) is 6.22. The molecule has 0 N–H and O–H groups in total. The van der Waals surface area contributed by atoms with Crippen LogP contribution in [-0.2, 0) is 13.2 Å². The number of pyridine rings is 1. The van der Waals surface area contributed by atoms with Gasteiger partial charge in [-0.25, -0.2) is 4.98 Å². The highest BCUT2D eigenvalue weighted by atomic mass is 35.5. The van der Waals surface area contributed by atoms with Crippen LogP contribution < -0.4 is 0 Å². The number of halogens is 5. The van der Waals surface area contributed by atoms with Crippen molar-refractivity contribution in [2.24, 2.45) is 7.05 Å². The van der Waals surface area contributed by atoms with Crippen LogP contribution in [0.5, 0.6) is 0 Å². The standard InChI is InChI=1S/C16H15Cl2F3N4O/c1-8(9-5-12(17)14(18)22-6-9)25(10-3-4-10)15(26)11-7-24(2)23-13(11)16(19,20)21/h5-8,10H,3-4H2,1-2H3. The number of nitrogens with zero attached hydrogens (tertiary/aromatic N) is 4. The molecule has 1 unspecified atom stereocenters. The fourth-order valence-corrected chi connectivity index (χ4v) is 3.11. The smallest absolute Gasteiger partial charge is 0.329 e. The lowest BCUT2D eigenvalue weighted by Crippen LogP contribution is -2.36. The molecule has 1 saturated carbocycles. The molecular formula is C16H15Cl2F3N4O. The summed E-state index contributed by atoms with van der Waals surface area (Å²) in [5.41, 5.74) is -1.06. The van der Waals surface area contributed by atoms with Crippen molar-refractivity contribution in [3.63, 3.8) is 0 Å². The summed E-state index contributed by atoms with van der Waals surface area (Å²) in [6.45, 7) is 1.72. The molecule has 0 spiro atoms. The van der Waals surface area contributed by atoms with Crippen LogP contribution in [0.1, 0.15) is 47.4 Å². The Labute approximate surface area is 157 Å². The molecule has 0 bridgehead atoms. The number of aryl methyl sites for hydroxylation is 1. The quantitative estimate of drug-likeness (QED) is 0.701. The first-order valence-corrected chi connectivity index (χ1v) is 8.59. The zero-order valence-corrected chi connectivity index (χ0v) is 15.4. The van der Waals surface area contributed by atoms with Gasteiger partial charge >= 0.3 is 6.18 Å². The Bertz CT molecular complexity index is 849. The Morgan fingerprint density at radius 3 is 2.58 bits per heavy atom. The summed E-state index contributed by atoms with van der Waals surface area (Å²) in [5, 5.41) is 3.76. The van der Waals surface area contributed by atoms with Crippen LogP contribution in [0, 0.1) is 0 Å². The molecule has 140 valence electrons. The number of hydrogen-bond acceptors (Lipinski definition) is 3. The molecule has 1 aliphatic carbocycles. The Balaban J connectivity index is 1.98. The lowest BCUT2D eigenvalue weighted by molar-refractivity contribution is -0.141. The molecule has 26 heavy (non-hydrogen) atoms. The van der Waals surface area contributed by atoms with Gasteiger partial charge in [0.1, 0.15) is 5.15 Å². The zero-order chi connectivity index (χ0) is 19.2. The lowest BCUT2D eigenvalue weighted by Gasteiger charge is -2.29. The van der Waals surface area contributed by atoms with Gasteiger partial charge in [-0.15, -0.1) is 0 Å². The molecule has 3 rings (SSSR count). The highest BCUT2D eigenvalue weighted by Gasteiger charge is 2.43. The Kier molecular flexibility index (Phi) is 4.92. The second-order valence-corrected chi connectivity index (χ2v) is 6.99. The van der Waals surface area contributed by atoms with Gasteiger partial charge in [-0.1, -0.05) is 23.2 Å². The molecule has 0 aliphatic heterocycles. The molecular weight excluding hydrogens is 392 g/mol. The minimum Gasteiger partial charge on any atom is -0.329 e. The maximum absolute atomic E-state index is 13.2. The number of hydrogen-bond donors (Lipinski definition) is 0. The molecule has 1 amide bonds. The van der Waals surface area contributed by atoms with E-state index in [-0.39, 0.29) is 16.2 Å². The average molecular weight is 407 g/mol. The van der Waals surface area contributed by atoms with E-state index in [2.05, 4.69) is 10.1 Å². The van der Waals surface area contributed by atoms with Gasteiger partial charge < -0.3 is 4.90 Å². The fraction of sp³-hybridized carbons (Fsp3) is 0.438. The summed E-state index contributed by atoms with van der Waals surface area (Å²) in [4.78, 5) is 18.4. The molecule has 2 heterocycles. The van der Waals surface area contributed by atoms with Crippen molar-refractivity contribution >= 4 is 29.1 Å². The fourth-order valence-electron chi connectivity index (χ4n) is 2.83. The number of carbonyl (C=O) groups is 1. The van der Waals surface area contributed by atoms with Gasteiger partial charge in [0.25, 0.3) is 5.91 Å². The number of alkyl halides is 3. The normalized spacial score (nSPS) is 15.8. The predicted molar refractivity (Wildman–Crippen MR) is 90.1 cm³/mol. The van der Waals surface area contributed by atoms with Crippen LogP contribution in [0.25, 0.3) is 0 Å². The second kappa shape index (κ2) is 6.74. The molecule has 2 aromatic heterocycles. The highest BCUT2D eigenvalue weighted by Crippen LogP contribution is 2.38. The summed E-state index contributed by atoms with van der Waals surface area (Å²) in [6, 6.07) is 0.921. The van der Waals surface area contributed by atoms with E-state index in [9.17, 15) is 18.0 Å². The van der Waals surface area contributed by atoms with Gasteiger partial charge in [-0.2, -0.15) is 18.3 Å². The van der Waals surface area contributed by atoms with E-state index in [1.165, 1.54) is 18.1 Å². The van der Waals surface area contributed by atoms with E-state index in [0.717, 1.165) is 23.7 Å². The predicted octanol–water partition coefficient (Wildman–Crippen LogP) is 4.51. The van der Waals surface area contributed by atoms with Gasteiger partial charge in [0.15, 0.2) is 5.69 Å². The summed E-state index contributed by atoms with van der Waals surface area (Å²) >= 11 is 11.8. The first-order chi connectivity index (χ1) is 12.1. The molecule has 10 heteroatoms. The minimum absolute atomic E-state index is 0.124. The molecule has 5 nitrogen and oxygen atoms in total. The van der Waals surface area contributed by atoms with Crippen molar-refractivity contribution in [3.8, 4) is 0 Å². The molecule has 0 saturated heterocycles. The van der Waals surface area contributed by atoms with Crippen LogP contribution in [0.2, 0.25) is 10.2 Å². The maximum atomic E-state index is 13.2. The number of aromatic nitrogens is 3. The first-order valence-electron chi connectivity index (χ1n) is 7.84. The van der Waals surface area contributed by atoms with Crippen LogP contribution in [0.4, 0.5) is 13.2 Å². The zero-order valence-electron chi connectivity index (χ0n) is 13.9. The molecule has 1 aliphatic rings. The maximum Gasteiger partial charge on any atom is 0.435 e. The largest absolute Gasteiger partial charge is 0.435 e. The molecule has 2 aromatic rings. The van der Waals surface area contributed by atoms with Crippen LogP contribution in [-0.4, -0.2) is 31.6 Å². The van der Waals surface area contributed by atoms with E-state index in [1.807, 2.05) is 0 Å². The molecule has 0 aromatic carbocycles. The van der Waals surface area contributed by atoms with Crippen LogP contribution in [0.3, 0.4) is 0 Å². The van der Waals surface area contributed by atoms with Crippen molar-refractivity contribution < 1.29 is 18.0 Å². The SMILES string of the molecule is CC(c1cnc(Cl)c(Cl)c1)N(C(=O)c1cn(C)nc1C(F)(F)F)C1CC1. The first kappa shape index (κ1) is 19.0. The highest BCUT2D eigenvalue weighted by molar-refractivity contribution is 6.41. The van der Waals surface area contributed by atoms with E-state index in [0.29, 0.717) is 5.56 Å². The van der Waals surface area contributed by atoms with Crippen molar-refractivity contribution in [1.29, 1.82) is 0 Å². The Morgan fingerprint density at radius 2 is 2.04 bits per heavy atom. The van der Waals surface area contributed by atoms with Gasteiger partial charge in [0, 0.05) is 25.5 Å². The number of amides is 1. The van der Waals surface area contributed by atoms with Crippen molar-refractivity contribution in [1.82, 2.24) is 19.7 Å². The summed E-state index contributed by atoms with van der Waals surface area (Å²) in [6.07, 6.45) is -0.690. The van der Waals surface area contributed by atoms with Gasteiger partial charge in [0.05, 0.1) is 16.6 Å². The van der Waals surface area contributed by atoms with Crippen molar-refractivity contribution in [2.45, 2.75) is 38.0 Å². The minimum atomic E-state index is -4.71. The summed E-state index contributed by atoms with van der Waals surface area (Å²) < 4.78 is 40.7. The molecule has 0 radical (unpaired) electrons. The number of carbonyl (C=O) groups excluding carboxylic acids is 1. The third-order valence-electron chi connectivity index (χ3n) is 4.22.